The van der Waals surface area contributed by atoms with Crippen molar-refractivity contribution < 1.29 is 4.79 Å². The molecule has 1 heterocycles. The molecule has 0 bridgehead atoms. The second-order valence-corrected chi connectivity index (χ2v) is 7.24. The van der Waals surface area contributed by atoms with Crippen LogP contribution in [0.3, 0.4) is 0 Å². The first kappa shape index (κ1) is 14.4. The van der Waals surface area contributed by atoms with Crippen LogP contribution in [0.15, 0.2) is 24.3 Å². The number of amides is 1. The second-order valence-electron chi connectivity index (χ2n) is 6.19. The van der Waals surface area contributed by atoms with E-state index < -0.39 is 0 Å². The molecule has 2 aromatic rings. The van der Waals surface area contributed by atoms with Crippen molar-refractivity contribution in [3.05, 3.63) is 29.1 Å². The summed E-state index contributed by atoms with van der Waals surface area (Å²) >= 11 is 1.48. The van der Waals surface area contributed by atoms with Gasteiger partial charge in [0.25, 0.3) is 5.91 Å². The first-order valence-electron chi connectivity index (χ1n) is 7.70. The van der Waals surface area contributed by atoms with Gasteiger partial charge in [-0.15, -0.1) is 11.3 Å². The van der Waals surface area contributed by atoms with Gasteiger partial charge in [0, 0.05) is 16.6 Å². The maximum atomic E-state index is 12.4. The molecule has 3 N–H and O–H groups in total. The van der Waals surface area contributed by atoms with Gasteiger partial charge >= 0.3 is 0 Å². The lowest BCUT2D eigenvalue weighted by Crippen LogP contribution is -2.31. The average molecular weight is 302 g/mol. The van der Waals surface area contributed by atoms with E-state index in [2.05, 4.69) is 12.2 Å². The fourth-order valence-corrected chi connectivity index (χ4v) is 4.34. The number of hydrogen-bond donors (Lipinski definition) is 2. The number of nitrogens with two attached hydrogens (primary N) is 1. The fourth-order valence-electron chi connectivity index (χ4n) is 3.30. The van der Waals surface area contributed by atoms with Gasteiger partial charge in [-0.25, -0.2) is 0 Å². The topological polar surface area (TPSA) is 55.1 Å². The number of carbonyl (C=O) groups excluding carboxylic acids is 1. The molecule has 0 spiro atoms. The minimum absolute atomic E-state index is 0.0214. The molecule has 1 amide bonds. The van der Waals surface area contributed by atoms with E-state index >= 15 is 0 Å². The third kappa shape index (κ3) is 3.05. The third-order valence-electron chi connectivity index (χ3n) is 4.44. The van der Waals surface area contributed by atoms with E-state index in [-0.39, 0.29) is 5.91 Å². The van der Waals surface area contributed by atoms with Gasteiger partial charge in [0.05, 0.1) is 5.69 Å². The first-order valence-corrected chi connectivity index (χ1v) is 8.52. The normalized spacial score (nSPS) is 22.3. The molecular formula is C17H22N2OS. The molecule has 0 saturated heterocycles. The molecule has 2 atom stereocenters. The van der Waals surface area contributed by atoms with Gasteiger partial charge in [-0.05, 0) is 30.7 Å². The standard InChI is InChI=1S/C17H22N2OS/c1-11-5-4-6-12(9-11)10-19-17(20)16-15(18)13-7-2-3-8-14(13)21-16/h2-3,7-8,11-12H,4-6,9-10,18H2,1H3,(H,19,20). The summed E-state index contributed by atoms with van der Waals surface area (Å²) in [5.74, 6) is 1.38. The van der Waals surface area contributed by atoms with E-state index in [1.807, 2.05) is 24.3 Å². The summed E-state index contributed by atoms with van der Waals surface area (Å²) < 4.78 is 1.08. The van der Waals surface area contributed by atoms with Crippen LogP contribution in [0, 0.1) is 11.8 Å². The molecule has 3 rings (SSSR count). The van der Waals surface area contributed by atoms with E-state index in [1.54, 1.807) is 0 Å². The molecule has 1 aromatic heterocycles. The van der Waals surface area contributed by atoms with Gasteiger partial charge < -0.3 is 11.1 Å². The average Bonchev–Trinajstić information content (AvgIpc) is 2.83. The van der Waals surface area contributed by atoms with Crippen LogP contribution in [0.25, 0.3) is 10.1 Å². The molecule has 0 aliphatic heterocycles. The summed E-state index contributed by atoms with van der Waals surface area (Å²) in [4.78, 5) is 13.0. The number of hydrogen-bond acceptors (Lipinski definition) is 3. The summed E-state index contributed by atoms with van der Waals surface area (Å²) in [5, 5.41) is 4.07. The summed E-state index contributed by atoms with van der Waals surface area (Å²) in [7, 11) is 0. The van der Waals surface area contributed by atoms with Gasteiger partial charge in [0.1, 0.15) is 4.88 Å². The van der Waals surface area contributed by atoms with E-state index in [0.29, 0.717) is 16.5 Å². The molecule has 21 heavy (non-hydrogen) atoms. The zero-order valence-electron chi connectivity index (χ0n) is 12.4. The van der Waals surface area contributed by atoms with Crippen LogP contribution < -0.4 is 11.1 Å². The Kier molecular flexibility index (Phi) is 4.15. The number of carbonyl (C=O) groups is 1. The van der Waals surface area contributed by atoms with Crippen molar-refractivity contribution >= 4 is 33.0 Å². The summed E-state index contributed by atoms with van der Waals surface area (Å²) in [5.41, 5.74) is 6.74. The number of rotatable bonds is 3. The van der Waals surface area contributed by atoms with Gasteiger partial charge in [-0.3, -0.25) is 4.79 Å². The van der Waals surface area contributed by atoms with Crippen LogP contribution in [0.1, 0.15) is 42.3 Å². The first-order chi connectivity index (χ1) is 10.1. The van der Waals surface area contributed by atoms with Gasteiger partial charge in [0.15, 0.2) is 0 Å². The lowest BCUT2D eigenvalue weighted by Gasteiger charge is -2.26. The zero-order valence-corrected chi connectivity index (χ0v) is 13.2. The van der Waals surface area contributed by atoms with Crippen molar-refractivity contribution in [1.82, 2.24) is 5.32 Å². The fraction of sp³-hybridized carbons (Fsp3) is 0.471. The lowest BCUT2D eigenvalue weighted by atomic mass is 9.82. The van der Waals surface area contributed by atoms with Crippen LogP contribution in [-0.2, 0) is 0 Å². The number of anilines is 1. The molecule has 1 aliphatic carbocycles. The van der Waals surface area contributed by atoms with Crippen molar-refractivity contribution in [2.24, 2.45) is 11.8 Å². The Morgan fingerprint density at radius 1 is 1.38 bits per heavy atom. The molecule has 2 unspecified atom stereocenters. The molecule has 1 saturated carbocycles. The Bertz CT molecular complexity index is 649. The molecular weight excluding hydrogens is 280 g/mol. The van der Waals surface area contributed by atoms with Crippen molar-refractivity contribution in [3.8, 4) is 0 Å². The van der Waals surface area contributed by atoms with Crippen LogP contribution in [0.4, 0.5) is 5.69 Å². The van der Waals surface area contributed by atoms with Crippen molar-refractivity contribution in [2.45, 2.75) is 32.6 Å². The molecule has 3 nitrogen and oxygen atoms in total. The maximum absolute atomic E-state index is 12.4. The number of fused-ring (bicyclic) bond motifs is 1. The van der Waals surface area contributed by atoms with Crippen LogP contribution in [-0.4, -0.2) is 12.5 Å². The predicted octanol–water partition coefficient (Wildman–Crippen LogP) is 4.04. The summed E-state index contributed by atoms with van der Waals surface area (Å²) in [6.45, 7) is 3.08. The molecule has 1 aromatic carbocycles. The van der Waals surface area contributed by atoms with Crippen molar-refractivity contribution in [3.63, 3.8) is 0 Å². The SMILES string of the molecule is CC1CCCC(CNC(=O)c2sc3ccccc3c2N)C1. The highest BCUT2D eigenvalue weighted by molar-refractivity contribution is 7.21. The minimum Gasteiger partial charge on any atom is -0.397 e. The molecule has 1 aliphatic rings. The van der Waals surface area contributed by atoms with Gasteiger partial charge in [-0.1, -0.05) is 38.0 Å². The Balaban J connectivity index is 1.68. The molecule has 1 fully saturated rings. The van der Waals surface area contributed by atoms with E-state index in [4.69, 9.17) is 5.73 Å². The Hall–Kier alpha value is -1.55. The van der Waals surface area contributed by atoms with E-state index in [9.17, 15) is 4.79 Å². The van der Waals surface area contributed by atoms with E-state index in [0.717, 1.165) is 22.5 Å². The van der Waals surface area contributed by atoms with Crippen LogP contribution in [0.5, 0.6) is 0 Å². The number of thiophene rings is 1. The van der Waals surface area contributed by atoms with Crippen molar-refractivity contribution in [2.75, 3.05) is 12.3 Å². The number of nitrogen functional groups attached to an aromatic ring is 1. The smallest absolute Gasteiger partial charge is 0.263 e. The quantitative estimate of drug-likeness (QED) is 0.899. The zero-order chi connectivity index (χ0) is 14.8. The number of nitrogens with one attached hydrogen (secondary N) is 1. The van der Waals surface area contributed by atoms with Crippen molar-refractivity contribution in [1.29, 1.82) is 0 Å². The Morgan fingerprint density at radius 2 is 2.19 bits per heavy atom. The molecule has 4 heteroatoms. The third-order valence-corrected chi connectivity index (χ3v) is 5.62. The number of benzene rings is 1. The van der Waals surface area contributed by atoms with Gasteiger partial charge in [0.2, 0.25) is 0 Å². The molecule has 112 valence electrons. The monoisotopic (exact) mass is 302 g/mol. The summed E-state index contributed by atoms with van der Waals surface area (Å²) in [6, 6.07) is 7.91. The predicted molar refractivity (Wildman–Crippen MR) is 89.7 cm³/mol. The second kappa shape index (κ2) is 6.06. The maximum Gasteiger partial charge on any atom is 0.263 e. The summed E-state index contributed by atoms with van der Waals surface area (Å²) in [6.07, 6.45) is 5.06. The highest BCUT2D eigenvalue weighted by Crippen LogP contribution is 2.33. The lowest BCUT2D eigenvalue weighted by molar-refractivity contribution is 0.0945. The minimum atomic E-state index is -0.0214. The van der Waals surface area contributed by atoms with Crippen LogP contribution >= 0.6 is 11.3 Å². The highest BCUT2D eigenvalue weighted by Gasteiger charge is 2.21. The molecule has 0 radical (unpaired) electrons. The van der Waals surface area contributed by atoms with Crippen LogP contribution in [0.2, 0.25) is 0 Å². The van der Waals surface area contributed by atoms with E-state index in [1.165, 1.54) is 37.0 Å². The highest BCUT2D eigenvalue weighted by atomic mass is 32.1. The Labute approximate surface area is 129 Å². The Morgan fingerprint density at radius 3 is 2.95 bits per heavy atom. The van der Waals surface area contributed by atoms with Gasteiger partial charge in [-0.2, -0.15) is 0 Å². The largest absolute Gasteiger partial charge is 0.397 e.